The van der Waals surface area contributed by atoms with Crippen LogP contribution in [0.2, 0.25) is 0 Å². The minimum absolute atomic E-state index is 0.0394. The van der Waals surface area contributed by atoms with Crippen molar-refractivity contribution in [3.63, 3.8) is 0 Å². The fraction of sp³-hybridized carbons (Fsp3) is 0.800. The maximum absolute atomic E-state index is 10.7. The van der Waals surface area contributed by atoms with Crippen molar-refractivity contribution in [1.29, 1.82) is 0 Å². The molecule has 1 fully saturated rings. The van der Waals surface area contributed by atoms with Gasteiger partial charge in [0.25, 0.3) is 0 Å². The molecule has 1 unspecified atom stereocenters. The van der Waals surface area contributed by atoms with Crippen LogP contribution in [0.15, 0.2) is 0 Å². The van der Waals surface area contributed by atoms with Gasteiger partial charge in [0.1, 0.15) is 5.54 Å². The molecule has 3 nitrogen and oxygen atoms in total. The highest BCUT2D eigenvalue weighted by molar-refractivity contribution is 5.91. The van der Waals surface area contributed by atoms with Gasteiger partial charge < -0.3 is 10.6 Å². The molecule has 0 saturated carbocycles. The van der Waals surface area contributed by atoms with Gasteiger partial charge >= 0.3 is 0 Å². The predicted octanol–water partition coefficient (Wildman–Crippen LogP) is -0.824. The molecule has 0 radical (unpaired) electrons. The summed E-state index contributed by atoms with van der Waals surface area (Å²) in [4.78, 5) is 12.3. The number of β-lactam (4-membered cyclic amide) rings is 1. The summed E-state index contributed by atoms with van der Waals surface area (Å²) in [5, 5.41) is 0. The van der Waals surface area contributed by atoms with Crippen LogP contribution in [-0.4, -0.2) is 29.9 Å². The van der Waals surface area contributed by atoms with Gasteiger partial charge in [0.2, 0.25) is 5.91 Å². The summed E-state index contributed by atoms with van der Waals surface area (Å²) in [6, 6.07) is 0. The van der Waals surface area contributed by atoms with Crippen molar-refractivity contribution < 1.29 is 4.79 Å². The van der Waals surface area contributed by atoms with Crippen LogP contribution in [0.4, 0.5) is 0 Å². The topological polar surface area (TPSA) is 46.3 Å². The van der Waals surface area contributed by atoms with E-state index >= 15 is 0 Å². The molecule has 0 spiro atoms. The van der Waals surface area contributed by atoms with Gasteiger partial charge in [-0.05, 0) is 6.92 Å². The lowest BCUT2D eigenvalue weighted by Gasteiger charge is -2.41. The fourth-order valence-electron chi connectivity index (χ4n) is 0.977. The number of carbonyl (C=O) groups excluding carboxylic acids is 1. The average Bonchev–Trinajstić information content (AvgIpc) is 1.65. The van der Waals surface area contributed by atoms with E-state index in [-0.39, 0.29) is 5.91 Å². The molecule has 1 heterocycles. The van der Waals surface area contributed by atoms with E-state index in [4.69, 9.17) is 5.73 Å². The van der Waals surface area contributed by atoms with Crippen LogP contribution in [0.1, 0.15) is 6.92 Å². The Morgan fingerprint density at radius 2 is 2.38 bits per heavy atom. The summed E-state index contributed by atoms with van der Waals surface area (Å²) in [5.41, 5.74) is 4.90. The quantitative estimate of drug-likeness (QED) is 0.418. The minimum atomic E-state index is -0.561. The molecule has 3 heteroatoms. The summed E-state index contributed by atoms with van der Waals surface area (Å²) in [5.74, 6) is 0.0394. The Morgan fingerprint density at radius 1 is 1.88 bits per heavy atom. The maximum atomic E-state index is 10.7. The molecule has 0 aromatic heterocycles. The molecule has 0 bridgehead atoms. The highest BCUT2D eigenvalue weighted by atomic mass is 16.2. The first kappa shape index (κ1) is 5.56. The van der Waals surface area contributed by atoms with E-state index in [1.807, 2.05) is 0 Å². The first-order valence-electron chi connectivity index (χ1n) is 2.58. The largest absolute Gasteiger partial charge is 0.342 e. The Balaban J connectivity index is 2.61. The fourth-order valence-corrected chi connectivity index (χ4v) is 0.977. The standard InChI is InChI=1S/C5H10N2O/c1-5(6)3-7(2)4(5)8/h3,6H2,1-2H3. The first-order valence-corrected chi connectivity index (χ1v) is 2.58. The molecule has 8 heavy (non-hydrogen) atoms. The number of likely N-dealkylation sites (N-methyl/N-ethyl adjacent to an activating group) is 1. The molecule has 1 aliphatic heterocycles. The predicted molar refractivity (Wildman–Crippen MR) is 30.2 cm³/mol. The summed E-state index contributed by atoms with van der Waals surface area (Å²) >= 11 is 0. The molecule has 1 saturated heterocycles. The van der Waals surface area contributed by atoms with Crippen molar-refractivity contribution in [2.24, 2.45) is 5.73 Å². The SMILES string of the molecule is CN1CC(C)(N)C1=O. The Morgan fingerprint density at radius 3 is 2.38 bits per heavy atom. The number of amides is 1. The Bertz CT molecular complexity index is 130. The number of nitrogens with two attached hydrogens (primary N) is 1. The van der Waals surface area contributed by atoms with Gasteiger partial charge in [-0.2, -0.15) is 0 Å². The second kappa shape index (κ2) is 1.23. The number of hydrogen-bond donors (Lipinski definition) is 1. The Labute approximate surface area is 48.5 Å². The van der Waals surface area contributed by atoms with Crippen LogP contribution < -0.4 is 5.73 Å². The van der Waals surface area contributed by atoms with Gasteiger partial charge in [-0.25, -0.2) is 0 Å². The number of carbonyl (C=O) groups is 1. The van der Waals surface area contributed by atoms with Crippen molar-refractivity contribution >= 4 is 5.91 Å². The molecular formula is C5H10N2O. The van der Waals surface area contributed by atoms with Gasteiger partial charge in [0.05, 0.1) is 0 Å². The second-order valence-corrected chi connectivity index (χ2v) is 2.58. The lowest BCUT2D eigenvalue weighted by molar-refractivity contribution is -0.146. The average molecular weight is 114 g/mol. The zero-order valence-corrected chi connectivity index (χ0v) is 5.14. The van der Waals surface area contributed by atoms with Crippen LogP contribution in [0.5, 0.6) is 0 Å². The normalized spacial score (nSPS) is 37.4. The van der Waals surface area contributed by atoms with E-state index in [2.05, 4.69) is 0 Å². The Hall–Kier alpha value is -0.570. The lowest BCUT2D eigenvalue weighted by atomic mass is 9.93. The highest BCUT2D eigenvalue weighted by Crippen LogP contribution is 2.15. The molecule has 0 aromatic carbocycles. The van der Waals surface area contributed by atoms with Gasteiger partial charge in [0.15, 0.2) is 0 Å². The van der Waals surface area contributed by atoms with Crippen LogP contribution in [0.3, 0.4) is 0 Å². The summed E-state index contributed by atoms with van der Waals surface area (Å²) in [6.45, 7) is 2.43. The van der Waals surface area contributed by atoms with E-state index in [1.54, 1.807) is 18.9 Å². The number of likely N-dealkylation sites (tertiary alicyclic amines) is 1. The molecular weight excluding hydrogens is 104 g/mol. The zero-order chi connectivity index (χ0) is 6.36. The third-order valence-corrected chi connectivity index (χ3v) is 1.40. The molecule has 2 N–H and O–H groups in total. The van der Waals surface area contributed by atoms with Gasteiger partial charge in [-0.1, -0.05) is 0 Å². The second-order valence-electron chi connectivity index (χ2n) is 2.58. The third kappa shape index (κ3) is 0.512. The van der Waals surface area contributed by atoms with Gasteiger partial charge in [0, 0.05) is 13.6 Å². The van der Waals surface area contributed by atoms with Crippen LogP contribution in [0, 0.1) is 0 Å². The van der Waals surface area contributed by atoms with E-state index in [0.29, 0.717) is 6.54 Å². The molecule has 0 aromatic rings. The minimum Gasteiger partial charge on any atom is -0.342 e. The number of rotatable bonds is 0. The van der Waals surface area contributed by atoms with E-state index in [9.17, 15) is 4.79 Å². The molecule has 1 aliphatic rings. The third-order valence-electron chi connectivity index (χ3n) is 1.40. The summed E-state index contributed by atoms with van der Waals surface area (Å²) in [7, 11) is 1.75. The first-order chi connectivity index (χ1) is 3.54. The number of nitrogens with zero attached hydrogens (tertiary/aromatic N) is 1. The van der Waals surface area contributed by atoms with Crippen molar-refractivity contribution in [3.8, 4) is 0 Å². The van der Waals surface area contributed by atoms with Crippen LogP contribution >= 0.6 is 0 Å². The highest BCUT2D eigenvalue weighted by Gasteiger charge is 2.42. The van der Waals surface area contributed by atoms with Crippen LogP contribution in [0.25, 0.3) is 0 Å². The maximum Gasteiger partial charge on any atom is 0.244 e. The molecule has 46 valence electrons. The van der Waals surface area contributed by atoms with Crippen molar-refractivity contribution in [3.05, 3.63) is 0 Å². The summed E-state index contributed by atoms with van der Waals surface area (Å²) < 4.78 is 0. The molecule has 1 rings (SSSR count). The molecule has 1 atom stereocenters. The van der Waals surface area contributed by atoms with E-state index in [0.717, 1.165) is 0 Å². The smallest absolute Gasteiger partial charge is 0.244 e. The van der Waals surface area contributed by atoms with Crippen molar-refractivity contribution in [1.82, 2.24) is 4.90 Å². The monoisotopic (exact) mass is 114 g/mol. The molecule has 1 amide bonds. The van der Waals surface area contributed by atoms with E-state index < -0.39 is 5.54 Å². The Kier molecular flexibility index (Phi) is 0.854. The van der Waals surface area contributed by atoms with E-state index in [1.165, 1.54) is 0 Å². The molecule has 0 aliphatic carbocycles. The lowest BCUT2D eigenvalue weighted by Crippen LogP contribution is -2.68. The number of hydrogen-bond acceptors (Lipinski definition) is 2. The van der Waals surface area contributed by atoms with Gasteiger partial charge in [-0.15, -0.1) is 0 Å². The van der Waals surface area contributed by atoms with Crippen molar-refractivity contribution in [2.75, 3.05) is 13.6 Å². The van der Waals surface area contributed by atoms with Gasteiger partial charge in [-0.3, -0.25) is 4.79 Å². The van der Waals surface area contributed by atoms with Crippen LogP contribution in [-0.2, 0) is 4.79 Å². The van der Waals surface area contributed by atoms with Crippen molar-refractivity contribution in [2.45, 2.75) is 12.5 Å². The zero-order valence-electron chi connectivity index (χ0n) is 5.14. The summed E-state index contributed by atoms with van der Waals surface area (Å²) in [6.07, 6.45) is 0.